The van der Waals surface area contributed by atoms with Gasteiger partial charge in [-0.15, -0.1) is 0 Å². The van der Waals surface area contributed by atoms with E-state index >= 15 is 0 Å². The predicted molar refractivity (Wildman–Crippen MR) is 94.6 cm³/mol. The largest absolute Gasteiger partial charge is 0.485 e. The van der Waals surface area contributed by atoms with Gasteiger partial charge in [0, 0.05) is 45.1 Å². The fourth-order valence-electron chi connectivity index (χ4n) is 3.46. The maximum atomic E-state index is 12.7. The Labute approximate surface area is 149 Å². The Morgan fingerprint density at radius 2 is 2.00 bits per heavy atom. The highest BCUT2D eigenvalue weighted by Gasteiger charge is 2.41. The van der Waals surface area contributed by atoms with Crippen LogP contribution in [0.25, 0.3) is 0 Å². The molecule has 138 valence electrons. The molecule has 1 aromatic carbocycles. The molecule has 2 aliphatic heterocycles. The number of piperidine rings is 1. The summed E-state index contributed by atoms with van der Waals surface area (Å²) >= 11 is 0. The van der Waals surface area contributed by atoms with Crippen molar-refractivity contribution in [3.05, 3.63) is 29.8 Å². The second-order valence-corrected chi connectivity index (χ2v) is 6.99. The molecule has 0 atom stereocenters. The van der Waals surface area contributed by atoms with Crippen molar-refractivity contribution in [1.29, 1.82) is 0 Å². The fraction of sp³-hybridized carbons (Fsp3) is 0.632. The van der Waals surface area contributed by atoms with Crippen LogP contribution in [0.15, 0.2) is 24.3 Å². The smallest absolute Gasteiger partial charge is 0.249 e. The van der Waals surface area contributed by atoms with Crippen LogP contribution in [0.4, 0.5) is 0 Å². The molecule has 0 saturated carbocycles. The van der Waals surface area contributed by atoms with Crippen molar-refractivity contribution in [3.8, 4) is 5.75 Å². The zero-order chi connectivity index (χ0) is 17.7. The van der Waals surface area contributed by atoms with Gasteiger partial charge in [0.2, 0.25) is 5.91 Å². The molecular weight excluding hydrogens is 320 g/mol. The maximum absolute atomic E-state index is 12.7. The van der Waals surface area contributed by atoms with E-state index in [1.807, 2.05) is 29.2 Å². The number of ether oxygens (including phenoxy) is 3. The number of carbonyl (C=O) groups is 1. The normalized spacial score (nSPS) is 20.0. The van der Waals surface area contributed by atoms with E-state index in [-0.39, 0.29) is 18.1 Å². The predicted octanol–water partition coefficient (Wildman–Crippen LogP) is 1.53. The van der Waals surface area contributed by atoms with Crippen molar-refractivity contribution < 1.29 is 19.0 Å². The molecule has 0 radical (unpaired) electrons. The van der Waals surface area contributed by atoms with Gasteiger partial charge in [-0.25, -0.2) is 0 Å². The Hall–Kier alpha value is -1.63. The third-order valence-corrected chi connectivity index (χ3v) is 5.05. The quantitative estimate of drug-likeness (QED) is 0.756. The molecule has 0 aromatic heterocycles. The Bertz CT molecular complexity index is 585. The van der Waals surface area contributed by atoms with Gasteiger partial charge >= 0.3 is 0 Å². The van der Waals surface area contributed by atoms with Crippen LogP contribution in [0, 0.1) is 0 Å². The minimum atomic E-state index is -0.304. The number of carbonyl (C=O) groups excluding carboxylic acids is 1. The van der Waals surface area contributed by atoms with Gasteiger partial charge in [0.05, 0.1) is 19.8 Å². The molecule has 1 aromatic rings. The van der Waals surface area contributed by atoms with Crippen molar-refractivity contribution in [2.24, 2.45) is 0 Å². The van der Waals surface area contributed by atoms with Crippen molar-refractivity contribution in [1.82, 2.24) is 9.80 Å². The lowest BCUT2D eigenvalue weighted by atomic mass is 9.90. The number of benzene rings is 1. The van der Waals surface area contributed by atoms with Gasteiger partial charge in [-0.3, -0.25) is 4.79 Å². The number of nitrogens with zero attached hydrogens (tertiary/aromatic N) is 2. The molecule has 3 rings (SSSR count). The summed E-state index contributed by atoms with van der Waals surface area (Å²) in [7, 11) is 3.75. The monoisotopic (exact) mass is 348 g/mol. The van der Waals surface area contributed by atoms with Gasteiger partial charge in [-0.1, -0.05) is 18.2 Å². The molecule has 2 heterocycles. The van der Waals surface area contributed by atoms with Gasteiger partial charge in [-0.05, 0) is 13.1 Å². The topological polar surface area (TPSA) is 51.2 Å². The van der Waals surface area contributed by atoms with E-state index in [9.17, 15) is 4.79 Å². The van der Waals surface area contributed by atoms with E-state index in [1.165, 1.54) is 0 Å². The Balaban J connectivity index is 1.75. The molecule has 2 aliphatic rings. The number of para-hydroxylation sites is 1. The lowest BCUT2D eigenvalue weighted by Gasteiger charge is -2.41. The first-order chi connectivity index (χ1) is 12.1. The molecule has 1 amide bonds. The van der Waals surface area contributed by atoms with Crippen molar-refractivity contribution in [3.63, 3.8) is 0 Å². The SMILES string of the molecule is COCCOCC(=O)N1Cc2ccccc2OC2(CCN(C)CC2)C1. The van der Waals surface area contributed by atoms with Crippen molar-refractivity contribution in [2.75, 3.05) is 53.6 Å². The number of fused-ring (bicyclic) bond motifs is 1. The molecule has 0 bridgehead atoms. The molecule has 0 N–H and O–H groups in total. The van der Waals surface area contributed by atoms with E-state index in [4.69, 9.17) is 14.2 Å². The van der Waals surface area contributed by atoms with Crippen LogP contribution in [0.3, 0.4) is 0 Å². The van der Waals surface area contributed by atoms with E-state index in [0.29, 0.717) is 26.3 Å². The first-order valence-electron chi connectivity index (χ1n) is 8.92. The molecule has 1 saturated heterocycles. The summed E-state index contributed by atoms with van der Waals surface area (Å²) in [6.45, 7) is 4.15. The standard InChI is InChI=1S/C19H28N2O4/c1-20-9-7-19(8-10-20)15-21(18(22)14-24-12-11-23-2)13-16-5-3-4-6-17(16)25-19/h3-6H,7-15H2,1-2H3. The molecule has 25 heavy (non-hydrogen) atoms. The number of amides is 1. The lowest BCUT2D eigenvalue weighted by molar-refractivity contribution is -0.140. The van der Waals surface area contributed by atoms with E-state index < -0.39 is 0 Å². The van der Waals surface area contributed by atoms with E-state index in [2.05, 4.69) is 11.9 Å². The third-order valence-electron chi connectivity index (χ3n) is 5.05. The van der Waals surface area contributed by atoms with E-state index in [1.54, 1.807) is 7.11 Å². The van der Waals surface area contributed by atoms with Crippen molar-refractivity contribution >= 4 is 5.91 Å². The van der Waals surface area contributed by atoms with Gasteiger partial charge in [-0.2, -0.15) is 0 Å². The summed E-state index contributed by atoms with van der Waals surface area (Å²) in [5.74, 6) is 0.914. The second kappa shape index (κ2) is 8.17. The number of likely N-dealkylation sites (tertiary alicyclic amines) is 1. The highest BCUT2D eigenvalue weighted by atomic mass is 16.5. The molecule has 1 fully saturated rings. The first-order valence-corrected chi connectivity index (χ1v) is 8.92. The summed E-state index contributed by atoms with van der Waals surface area (Å²) in [5.41, 5.74) is 0.755. The van der Waals surface area contributed by atoms with Crippen molar-refractivity contribution in [2.45, 2.75) is 25.0 Å². The minimum absolute atomic E-state index is 0.00899. The summed E-state index contributed by atoms with van der Waals surface area (Å²) in [6, 6.07) is 8.03. The Morgan fingerprint density at radius 1 is 1.24 bits per heavy atom. The second-order valence-electron chi connectivity index (χ2n) is 6.99. The molecular formula is C19H28N2O4. The molecule has 1 spiro atoms. The summed E-state index contributed by atoms with van der Waals surface area (Å²) in [5, 5.41) is 0. The van der Waals surface area contributed by atoms with Gasteiger partial charge < -0.3 is 24.0 Å². The lowest BCUT2D eigenvalue weighted by Crippen LogP contribution is -2.54. The van der Waals surface area contributed by atoms with E-state index in [0.717, 1.165) is 37.2 Å². The van der Waals surface area contributed by atoms with Crippen LogP contribution in [-0.4, -0.2) is 74.9 Å². The van der Waals surface area contributed by atoms with Crippen LogP contribution in [0.1, 0.15) is 18.4 Å². The maximum Gasteiger partial charge on any atom is 0.249 e. The van der Waals surface area contributed by atoms with Gasteiger partial charge in [0.25, 0.3) is 0 Å². The highest BCUT2D eigenvalue weighted by molar-refractivity contribution is 5.77. The van der Waals surface area contributed by atoms with Gasteiger partial charge in [0.1, 0.15) is 18.0 Å². The van der Waals surface area contributed by atoms with Crippen LogP contribution in [-0.2, 0) is 20.8 Å². The molecule has 0 unspecified atom stereocenters. The average Bonchev–Trinajstić information content (AvgIpc) is 2.78. The zero-order valence-corrected chi connectivity index (χ0v) is 15.2. The summed E-state index contributed by atoms with van der Waals surface area (Å²) in [4.78, 5) is 16.9. The fourth-order valence-corrected chi connectivity index (χ4v) is 3.46. The van der Waals surface area contributed by atoms with Gasteiger partial charge in [0.15, 0.2) is 0 Å². The average molecular weight is 348 g/mol. The molecule has 6 heteroatoms. The molecule has 6 nitrogen and oxygen atoms in total. The van der Waals surface area contributed by atoms with Crippen LogP contribution >= 0.6 is 0 Å². The van der Waals surface area contributed by atoms with Crippen LogP contribution in [0.2, 0.25) is 0 Å². The third kappa shape index (κ3) is 4.51. The number of methoxy groups -OCH3 is 1. The Morgan fingerprint density at radius 3 is 2.76 bits per heavy atom. The minimum Gasteiger partial charge on any atom is -0.485 e. The number of hydrogen-bond donors (Lipinski definition) is 0. The molecule has 0 aliphatic carbocycles. The summed E-state index contributed by atoms with van der Waals surface area (Å²) < 4.78 is 16.9. The van der Waals surface area contributed by atoms with Crippen LogP contribution in [0.5, 0.6) is 5.75 Å². The highest BCUT2D eigenvalue weighted by Crippen LogP contribution is 2.35. The Kier molecular flexibility index (Phi) is 5.93. The summed E-state index contributed by atoms with van der Waals surface area (Å²) in [6.07, 6.45) is 1.85. The zero-order valence-electron chi connectivity index (χ0n) is 15.2. The number of hydrogen-bond acceptors (Lipinski definition) is 5. The van der Waals surface area contributed by atoms with Crippen LogP contribution < -0.4 is 4.74 Å². The number of rotatable bonds is 5. The first kappa shape index (κ1) is 18.2.